The number of rotatable bonds is 5. The van der Waals surface area contributed by atoms with Gasteiger partial charge in [0.2, 0.25) is 0 Å². The Kier molecular flexibility index (Phi) is 3.46. The summed E-state index contributed by atoms with van der Waals surface area (Å²) in [6, 6.07) is 0. The summed E-state index contributed by atoms with van der Waals surface area (Å²) in [7, 11) is 2.12. The summed E-state index contributed by atoms with van der Waals surface area (Å²) < 4.78 is 0. The highest BCUT2D eigenvalue weighted by molar-refractivity contribution is 7.09. The van der Waals surface area contributed by atoms with Gasteiger partial charge in [-0.15, -0.1) is 11.3 Å². The minimum atomic E-state index is 0.591. The Morgan fingerprint density at radius 3 is 2.94 bits per heavy atom. The molecule has 1 heterocycles. The highest BCUT2D eigenvalue weighted by atomic mass is 32.1. The maximum absolute atomic E-state index is 4.38. The van der Waals surface area contributed by atoms with Gasteiger partial charge < -0.3 is 5.32 Å². The number of nitrogens with one attached hydrogen (secondary N) is 1. The number of nitrogens with zero attached hydrogens (tertiary/aromatic N) is 1. The molecule has 2 aliphatic carbocycles. The van der Waals surface area contributed by atoms with Crippen LogP contribution >= 0.6 is 11.3 Å². The van der Waals surface area contributed by atoms with E-state index in [1.807, 2.05) is 16.8 Å². The molecule has 2 fully saturated rings. The van der Waals surface area contributed by atoms with E-state index < -0.39 is 0 Å². The molecular formula is C15H24N2S. The Hall–Kier alpha value is -0.410. The average Bonchev–Trinajstić information content (AvgIpc) is 3.03. The molecule has 0 amide bonds. The van der Waals surface area contributed by atoms with Crippen molar-refractivity contribution in [3.63, 3.8) is 0 Å². The van der Waals surface area contributed by atoms with E-state index in [9.17, 15) is 0 Å². The number of aromatic nitrogens is 1. The lowest BCUT2D eigenvalue weighted by Crippen LogP contribution is -2.37. The smallest absolute Gasteiger partial charge is 0.0797 e. The molecule has 0 aromatic carbocycles. The number of thiazole rings is 1. The van der Waals surface area contributed by atoms with Gasteiger partial charge in [-0.1, -0.05) is 6.42 Å². The number of hydrogen-bond acceptors (Lipinski definition) is 3. The summed E-state index contributed by atoms with van der Waals surface area (Å²) in [4.78, 5) is 5.89. The van der Waals surface area contributed by atoms with Crippen LogP contribution in [0.5, 0.6) is 0 Å². The zero-order valence-corrected chi connectivity index (χ0v) is 12.4. The van der Waals surface area contributed by atoms with E-state index in [2.05, 4.69) is 24.3 Å². The van der Waals surface area contributed by atoms with Gasteiger partial charge in [0.15, 0.2) is 0 Å². The van der Waals surface area contributed by atoms with E-state index in [1.165, 1.54) is 55.6 Å². The van der Waals surface area contributed by atoms with Crippen LogP contribution in [0.1, 0.15) is 42.7 Å². The van der Waals surface area contributed by atoms with E-state index >= 15 is 0 Å². The lowest BCUT2D eigenvalue weighted by molar-refractivity contribution is 0.147. The first-order valence-electron chi connectivity index (χ1n) is 7.27. The Bertz CT molecular complexity index is 414. The maximum Gasteiger partial charge on any atom is 0.0797 e. The van der Waals surface area contributed by atoms with Gasteiger partial charge >= 0.3 is 0 Å². The minimum absolute atomic E-state index is 0.591. The van der Waals surface area contributed by atoms with Crippen molar-refractivity contribution in [3.8, 4) is 0 Å². The Morgan fingerprint density at radius 2 is 2.39 bits per heavy atom. The molecule has 18 heavy (non-hydrogen) atoms. The van der Waals surface area contributed by atoms with Crippen molar-refractivity contribution in [2.75, 3.05) is 13.6 Å². The summed E-state index contributed by atoms with van der Waals surface area (Å²) >= 11 is 1.84. The van der Waals surface area contributed by atoms with Crippen LogP contribution < -0.4 is 5.32 Å². The van der Waals surface area contributed by atoms with Crippen LogP contribution in [0.2, 0.25) is 0 Å². The molecule has 2 aliphatic rings. The largest absolute Gasteiger partial charge is 0.319 e. The third-order valence-corrected chi connectivity index (χ3v) is 6.32. The first-order valence-corrected chi connectivity index (χ1v) is 8.15. The summed E-state index contributed by atoms with van der Waals surface area (Å²) in [6.45, 7) is 3.36. The molecule has 1 N–H and O–H groups in total. The fraction of sp³-hybridized carbons (Fsp3) is 0.800. The quantitative estimate of drug-likeness (QED) is 0.881. The second kappa shape index (κ2) is 4.93. The van der Waals surface area contributed by atoms with Crippen LogP contribution in [0.15, 0.2) is 5.51 Å². The second-order valence-electron chi connectivity index (χ2n) is 6.33. The standard InChI is InChI=1S/C15H24N2S/c1-11-14(18-10-17-11)5-6-15(9-16-2)8-12-3-4-13(15)7-12/h10,12-13,16H,3-9H2,1-2H3. The lowest BCUT2D eigenvalue weighted by atomic mass is 9.70. The zero-order chi connectivity index (χ0) is 12.6. The lowest BCUT2D eigenvalue weighted by Gasteiger charge is -2.38. The van der Waals surface area contributed by atoms with Crippen LogP contribution in [0.4, 0.5) is 0 Å². The van der Waals surface area contributed by atoms with Gasteiger partial charge in [-0.2, -0.15) is 0 Å². The molecule has 1 aromatic heterocycles. The molecule has 3 heteroatoms. The summed E-state index contributed by atoms with van der Waals surface area (Å²) in [6.07, 6.45) is 8.54. The molecule has 0 radical (unpaired) electrons. The summed E-state index contributed by atoms with van der Waals surface area (Å²) in [5.41, 5.74) is 3.84. The average molecular weight is 264 g/mol. The van der Waals surface area contributed by atoms with Gasteiger partial charge in [0.25, 0.3) is 0 Å². The number of fused-ring (bicyclic) bond motifs is 2. The predicted octanol–water partition coefficient (Wildman–Crippen LogP) is 3.41. The molecule has 0 spiro atoms. The van der Waals surface area contributed by atoms with Crippen LogP contribution in [0.25, 0.3) is 0 Å². The molecule has 100 valence electrons. The summed E-state index contributed by atoms with van der Waals surface area (Å²) in [5, 5.41) is 3.47. The molecule has 1 aromatic rings. The zero-order valence-electron chi connectivity index (χ0n) is 11.5. The maximum atomic E-state index is 4.38. The molecule has 2 saturated carbocycles. The monoisotopic (exact) mass is 264 g/mol. The van der Waals surface area contributed by atoms with Crippen LogP contribution in [0.3, 0.4) is 0 Å². The van der Waals surface area contributed by atoms with E-state index in [0.29, 0.717) is 5.41 Å². The van der Waals surface area contributed by atoms with Gasteiger partial charge in [0, 0.05) is 11.4 Å². The molecule has 3 rings (SSSR count). The second-order valence-corrected chi connectivity index (χ2v) is 7.27. The van der Waals surface area contributed by atoms with Gasteiger partial charge in [-0.3, -0.25) is 0 Å². The molecule has 0 aliphatic heterocycles. The number of aryl methyl sites for hydroxylation is 2. The van der Waals surface area contributed by atoms with Crippen LogP contribution in [-0.4, -0.2) is 18.6 Å². The van der Waals surface area contributed by atoms with Crippen molar-refractivity contribution >= 4 is 11.3 Å². The predicted molar refractivity (Wildman–Crippen MR) is 77.0 cm³/mol. The van der Waals surface area contributed by atoms with E-state index in [0.717, 1.165) is 11.8 Å². The normalized spacial score (nSPS) is 34.3. The first-order chi connectivity index (χ1) is 8.73. The Labute approximate surface area is 114 Å². The van der Waals surface area contributed by atoms with Crippen molar-refractivity contribution in [3.05, 3.63) is 16.1 Å². The van der Waals surface area contributed by atoms with Crippen molar-refractivity contribution in [2.24, 2.45) is 17.3 Å². The highest BCUT2D eigenvalue weighted by Crippen LogP contribution is 2.57. The van der Waals surface area contributed by atoms with E-state index in [4.69, 9.17) is 0 Å². The molecule has 3 atom stereocenters. The topological polar surface area (TPSA) is 24.9 Å². The minimum Gasteiger partial charge on any atom is -0.319 e. The van der Waals surface area contributed by atoms with Crippen molar-refractivity contribution < 1.29 is 0 Å². The third kappa shape index (κ3) is 2.12. The molecule has 2 nitrogen and oxygen atoms in total. The molecule has 2 bridgehead atoms. The fourth-order valence-corrected chi connectivity index (χ4v) is 5.23. The van der Waals surface area contributed by atoms with Crippen LogP contribution in [0, 0.1) is 24.2 Å². The molecule has 3 unspecified atom stereocenters. The molecular weight excluding hydrogens is 240 g/mol. The first kappa shape index (κ1) is 12.6. The van der Waals surface area contributed by atoms with Gasteiger partial charge in [-0.05, 0) is 63.3 Å². The van der Waals surface area contributed by atoms with E-state index in [-0.39, 0.29) is 0 Å². The third-order valence-electron chi connectivity index (χ3n) is 5.33. The molecule has 0 saturated heterocycles. The van der Waals surface area contributed by atoms with Crippen molar-refractivity contribution in [2.45, 2.75) is 45.4 Å². The Morgan fingerprint density at radius 1 is 1.50 bits per heavy atom. The van der Waals surface area contributed by atoms with Crippen LogP contribution in [-0.2, 0) is 6.42 Å². The SMILES string of the molecule is CNCC1(CCc2scnc2C)CC2CCC1C2. The van der Waals surface area contributed by atoms with E-state index in [1.54, 1.807) is 0 Å². The van der Waals surface area contributed by atoms with Gasteiger partial charge in [0.1, 0.15) is 0 Å². The summed E-state index contributed by atoms with van der Waals surface area (Å²) in [5.74, 6) is 2.02. The van der Waals surface area contributed by atoms with Gasteiger partial charge in [0.05, 0.1) is 11.2 Å². The van der Waals surface area contributed by atoms with Crippen molar-refractivity contribution in [1.29, 1.82) is 0 Å². The number of hydrogen-bond donors (Lipinski definition) is 1. The van der Waals surface area contributed by atoms with Crippen molar-refractivity contribution in [1.82, 2.24) is 10.3 Å². The highest BCUT2D eigenvalue weighted by Gasteiger charge is 2.49. The van der Waals surface area contributed by atoms with Gasteiger partial charge in [-0.25, -0.2) is 4.98 Å². The Balaban J connectivity index is 1.70. The fourth-order valence-electron chi connectivity index (χ4n) is 4.45.